The van der Waals surface area contributed by atoms with Crippen molar-refractivity contribution in [3.05, 3.63) is 28.0 Å². The van der Waals surface area contributed by atoms with Crippen LogP contribution in [0.4, 0.5) is 4.39 Å². The van der Waals surface area contributed by atoms with Crippen LogP contribution >= 0.6 is 15.9 Å². The molecule has 0 bridgehead atoms. The normalized spacial score (nSPS) is 19.7. The van der Waals surface area contributed by atoms with E-state index in [2.05, 4.69) is 15.9 Å². The summed E-state index contributed by atoms with van der Waals surface area (Å²) < 4.78 is 13.8. The second-order valence-corrected chi connectivity index (χ2v) is 5.36. The Hall–Kier alpha value is -0.610. The van der Waals surface area contributed by atoms with Gasteiger partial charge in [-0.15, -0.1) is 0 Å². The highest BCUT2D eigenvalue weighted by Crippen LogP contribution is 2.38. The van der Waals surface area contributed by atoms with Crippen molar-refractivity contribution >= 4 is 15.9 Å². The topological polar surface area (TPSA) is 46.2 Å². The average molecular weight is 288 g/mol. The summed E-state index contributed by atoms with van der Waals surface area (Å²) in [6.07, 6.45) is 5.11. The van der Waals surface area contributed by atoms with Gasteiger partial charge in [0.25, 0.3) is 0 Å². The summed E-state index contributed by atoms with van der Waals surface area (Å²) >= 11 is 3.14. The molecule has 0 aromatic heterocycles. The number of aromatic hydroxyl groups is 1. The quantitative estimate of drug-likeness (QED) is 0.831. The predicted octanol–water partition coefficient (Wildman–Crippen LogP) is 3.41. The highest BCUT2D eigenvalue weighted by molar-refractivity contribution is 9.10. The summed E-state index contributed by atoms with van der Waals surface area (Å²) in [6.45, 7) is 0. The number of rotatable bonds is 1. The molecule has 1 aliphatic carbocycles. The zero-order valence-electron chi connectivity index (χ0n) is 8.97. The summed E-state index contributed by atoms with van der Waals surface area (Å²) in [5, 5.41) is 9.35. The minimum atomic E-state index is -0.611. The molecule has 0 heterocycles. The molecule has 0 saturated heterocycles. The maximum absolute atomic E-state index is 13.4. The van der Waals surface area contributed by atoms with E-state index in [1.165, 1.54) is 12.5 Å². The first-order valence-electron chi connectivity index (χ1n) is 5.50. The molecule has 2 nitrogen and oxygen atoms in total. The van der Waals surface area contributed by atoms with E-state index in [0.717, 1.165) is 31.2 Å². The molecule has 2 rings (SSSR count). The maximum atomic E-state index is 13.4. The van der Waals surface area contributed by atoms with E-state index in [0.29, 0.717) is 4.47 Å². The van der Waals surface area contributed by atoms with Crippen LogP contribution in [0, 0.1) is 5.82 Å². The summed E-state index contributed by atoms with van der Waals surface area (Å²) in [5.74, 6) is -0.956. The molecule has 3 N–H and O–H groups in total. The Morgan fingerprint density at radius 3 is 2.44 bits per heavy atom. The van der Waals surface area contributed by atoms with Crippen molar-refractivity contribution < 1.29 is 9.50 Å². The van der Waals surface area contributed by atoms with Gasteiger partial charge in [-0.1, -0.05) is 19.3 Å². The lowest BCUT2D eigenvalue weighted by atomic mass is 9.77. The lowest BCUT2D eigenvalue weighted by Crippen LogP contribution is -2.38. The Balaban J connectivity index is 2.39. The van der Waals surface area contributed by atoms with Gasteiger partial charge in [0, 0.05) is 5.54 Å². The molecule has 1 fully saturated rings. The van der Waals surface area contributed by atoms with E-state index in [4.69, 9.17) is 5.73 Å². The largest absolute Gasteiger partial charge is 0.504 e. The van der Waals surface area contributed by atoms with Crippen molar-refractivity contribution in [2.24, 2.45) is 5.73 Å². The smallest absolute Gasteiger partial charge is 0.166 e. The Morgan fingerprint density at radius 2 is 1.88 bits per heavy atom. The molecule has 0 unspecified atom stereocenters. The zero-order chi connectivity index (χ0) is 11.8. The van der Waals surface area contributed by atoms with Crippen LogP contribution in [-0.2, 0) is 5.54 Å². The third-order valence-electron chi connectivity index (χ3n) is 3.34. The molecule has 0 amide bonds. The first kappa shape index (κ1) is 11.9. The molecular weight excluding hydrogens is 273 g/mol. The third kappa shape index (κ3) is 2.09. The van der Waals surface area contributed by atoms with Crippen molar-refractivity contribution in [3.8, 4) is 5.75 Å². The minimum absolute atomic E-state index is 0.344. The summed E-state index contributed by atoms with van der Waals surface area (Å²) in [7, 11) is 0. The molecule has 16 heavy (non-hydrogen) atoms. The van der Waals surface area contributed by atoms with Crippen molar-refractivity contribution in [3.63, 3.8) is 0 Å². The van der Waals surface area contributed by atoms with Gasteiger partial charge in [-0.2, -0.15) is 0 Å². The van der Waals surface area contributed by atoms with Crippen LogP contribution < -0.4 is 5.73 Å². The summed E-state index contributed by atoms with van der Waals surface area (Å²) in [4.78, 5) is 0. The van der Waals surface area contributed by atoms with Gasteiger partial charge in [0.05, 0.1) is 4.47 Å². The van der Waals surface area contributed by atoms with Crippen LogP contribution in [0.15, 0.2) is 16.6 Å². The van der Waals surface area contributed by atoms with E-state index in [9.17, 15) is 9.50 Å². The molecule has 0 radical (unpaired) electrons. The number of hydrogen-bond donors (Lipinski definition) is 2. The number of phenolic OH excluding ortho intramolecular Hbond substituents is 1. The SMILES string of the molecule is NC1(c2cc(F)c(O)c(Br)c2)CCCCC1. The number of hydrogen-bond acceptors (Lipinski definition) is 2. The van der Waals surface area contributed by atoms with Gasteiger partial charge in [-0.05, 0) is 46.5 Å². The van der Waals surface area contributed by atoms with Crippen LogP contribution in [0.2, 0.25) is 0 Å². The van der Waals surface area contributed by atoms with E-state index >= 15 is 0 Å². The van der Waals surface area contributed by atoms with Crippen LogP contribution in [-0.4, -0.2) is 5.11 Å². The first-order chi connectivity index (χ1) is 7.53. The van der Waals surface area contributed by atoms with Crippen molar-refractivity contribution in [2.75, 3.05) is 0 Å². The Bertz CT molecular complexity index is 379. The van der Waals surface area contributed by atoms with Gasteiger partial charge in [0.15, 0.2) is 11.6 Å². The molecule has 88 valence electrons. The van der Waals surface area contributed by atoms with Gasteiger partial charge in [0.2, 0.25) is 0 Å². The Labute approximate surface area is 103 Å². The van der Waals surface area contributed by atoms with E-state index in [1.807, 2.05) is 0 Å². The third-order valence-corrected chi connectivity index (χ3v) is 3.94. The highest BCUT2D eigenvalue weighted by Gasteiger charge is 2.30. The predicted molar refractivity (Wildman–Crippen MR) is 64.7 cm³/mol. The van der Waals surface area contributed by atoms with Gasteiger partial charge in [-0.3, -0.25) is 0 Å². The highest BCUT2D eigenvalue weighted by atomic mass is 79.9. The Morgan fingerprint density at radius 1 is 1.25 bits per heavy atom. The molecule has 1 saturated carbocycles. The average Bonchev–Trinajstić information content (AvgIpc) is 2.26. The monoisotopic (exact) mass is 287 g/mol. The molecule has 0 atom stereocenters. The van der Waals surface area contributed by atoms with Crippen molar-refractivity contribution in [1.29, 1.82) is 0 Å². The van der Waals surface area contributed by atoms with Gasteiger partial charge < -0.3 is 10.8 Å². The lowest BCUT2D eigenvalue weighted by Gasteiger charge is -2.34. The number of halogens is 2. The van der Waals surface area contributed by atoms with Crippen molar-refractivity contribution in [1.82, 2.24) is 0 Å². The standard InChI is InChI=1S/C12H15BrFNO/c13-9-6-8(7-10(14)11(9)16)12(15)4-2-1-3-5-12/h6-7,16H,1-5,15H2. The van der Waals surface area contributed by atoms with E-state index in [1.54, 1.807) is 6.07 Å². The number of phenols is 1. The van der Waals surface area contributed by atoms with Gasteiger partial charge >= 0.3 is 0 Å². The molecule has 1 aromatic carbocycles. The van der Waals surface area contributed by atoms with Crippen LogP contribution in [0.1, 0.15) is 37.7 Å². The van der Waals surface area contributed by atoms with Gasteiger partial charge in [0.1, 0.15) is 0 Å². The molecular formula is C12H15BrFNO. The van der Waals surface area contributed by atoms with E-state index < -0.39 is 11.4 Å². The number of benzene rings is 1. The fourth-order valence-corrected chi connectivity index (χ4v) is 2.76. The molecule has 0 spiro atoms. The molecule has 4 heteroatoms. The second-order valence-electron chi connectivity index (χ2n) is 4.51. The molecule has 1 aromatic rings. The lowest BCUT2D eigenvalue weighted by molar-refractivity contribution is 0.300. The minimum Gasteiger partial charge on any atom is -0.504 e. The molecule has 0 aliphatic heterocycles. The van der Waals surface area contributed by atoms with Crippen molar-refractivity contribution in [2.45, 2.75) is 37.6 Å². The van der Waals surface area contributed by atoms with E-state index in [-0.39, 0.29) is 5.75 Å². The second kappa shape index (κ2) is 4.34. The number of nitrogens with two attached hydrogens (primary N) is 1. The van der Waals surface area contributed by atoms with Crippen LogP contribution in [0.3, 0.4) is 0 Å². The molecule has 1 aliphatic rings. The zero-order valence-corrected chi connectivity index (χ0v) is 10.6. The fraction of sp³-hybridized carbons (Fsp3) is 0.500. The first-order valence-corrected chi connectivity index (χ1v) is 6.30. The fourth-order valence-electron chi connectivity index (χ4n) is 2.32. The van der Waals surface area contributed by atoms with Crippen LogP contribution in [0.25, 0.3) is 0 Å². The summed E-state index contributed by atoms with van der Waals surface area (Å²) in [5.41, 5.74) is 6.64. The van der Waals surface area contributed by atoms with Crippen LogP contribution in [0.5, 0.6) is 5.75 Å². The maximum Gasteiger partial charge on any atom is 0.166 e. The van der Waals surface area contributed by atoms with Gasteiger partial charge in [-0.25, -0.2) is 4.39 Å². The summed E-state index contributed by atoms with van der Waals surface area (Å²) in [6, 6.07) is 3.08. The Kier molecular flexibility index (Phi) is 3.22.